The van der Waals surface area contributed by atoms with E-state index in [0.29, 0.717) is 0 Å². The van der Waals surface area contributed by atoms with Crippen LogP contribution in [0.15, 0.2) is 206 Å². The Hall–Kier alpha value is -7.80. The van der Waals surface area contributed by atoms with Gasteiger partial charge < -0.3 is 0 Å². The number of fused-ring (bicyclic) bond motifs is 11. The molecule has 0 spiro atoms. The van der Waals surface area contributed by atoms with Gasteiger partial charge in [0.25, 0.3) is 0 Å². The van der Waals surface area contributed by atoms with Crippen molar-refractivity contribution in [3.05, 3.63) is 212 Å². The van der Waals surface area contributed by atoms with Gasteiger partial charge in [-0.2, -0.15) is 0 Å². The van der Waals surface area contributed by atoms with Crippen LogP contribution in [-0.4, -0.2) is 0 Å². The minimum Gasteiger partial charge on any atom is -0.0836 e. The maximum atomic E-state index is 2.54. The first-order valence-electron chi connectivity index (χ1n) is 22.0. The van der Waals surface area contributed by atoms with Crippen molar-refractivity contribution >= 4 is 103 Å². The summed E-state index contributed by atoms with van der Waals surface area (Å²) in [7, 11) is 0. The number of allylic oxidation sites excluding steroid dienone is 4. The van der Waals surface area contributed by atoms with E-state index in [1.165, 1.54) is 141 Å². The molecule has 1 aliphatic carbocycles. The largest absolute Gasteiger partial charge is 0.0836 e. The zero-order chi connectivity index (χ0) is 40.5. The summed E-state index contributed by atoms with van der Waals surface area (Å²) in [6.45, 7) is 0. The molecule has 13 aromatic rings. The monoisotopic (exact) mass is 782 g/mol. The lowest BCUT2D eigenvalue weighted by Gasteiger charge is -2.19. The molecule has 0 bridgehead atoms. The summed E-state index contributed by atoms with van der Waals surface area (Å²) < 4.78 is 0. The molecule has 286 valence electrons. The fourth-order valence-corrected chi connectivity index (χ4v) is 11.7. The summed E-state index contributed by atoms with van der Waals surface area (Å²) in [5, 5.41) is 23.6. The molecule has 0 saturated carbocycles. The number of benzene rings is 11. The van der Waals surface area contributed by atoms with E-state index in [0.717, 1.165) is 12.8 Å². The number of hydrogen-bond acceptors (Lipinski definition) is 0. The second kappa shape index (κ2) is 12.9. The van der Waals surface area contributed by atoms with Gasteiger partial charge in [0.1, 0.15) is 0 Å². The second-order valence-corrected chi connectivity index (χ2v) is 17.3. The van der Waals surface area contributed by atoms with Crippen LogP contribution in [0.5, 0.6) is 0 Å². The molecular formula is C62H38. The Morgan fingerprint density at radius 1 is 0.274 bits per heavy atom. The van der Waals surface area contributed by atoms with Gasteiger partial charge in [0.05, 0.1) is 0 Å². The zero-order valence-corrected chi connectivity index (χ0v) is 34.0. The molecule has 1 aliphatic rings. The molecule has 0 heterocycles. The Bertz CT molecular complexity index is 4050. The average Bonchev–Trinajstić information content (AvgIpc) is 3.84. The van der Waals surface area contributed by atoms with E-state index in [1.54, 1.807) is 0 Å². The standard InChI is InChI=1S/C62H38/c1-4-18-38(19-5-1)54-42-25-12-10-17-37(42)31-32-47(54)48-33-34-50-60-52(35-41-24-11-13-26-43(41)58(48)60)62-56(40-22-8-3-9-23-40)59-49-30-16-29-46-44-27-14-15-28-45(44)51(57(46)49)36-53(59)55(61(50)62)39-20-6-2-7-21-39/h2-4,6-36H,1,5H2. The first-order valence-corrected chi connectivity index (χ1v) is 22.0. The Balaban J connectivity index is 1.26. The van der Waals surface area contributed by atoms with Crippen molar-refractivity contribution in [2.75, 3.05) is 0 Å². The molecule has 0 unspecified atom stereocenters. The molecular weight excluding hydrogens is 745 g/mol. The predicted octanol–water partition coefficient (Wildman–Crippen LogP) is 17.7. The normalized spacial score (nSPS) is 13.4. The number of hydrogen-bond donors (Lipinski definition) is 0. The van der Waals surface area contributed by atoms with Gasteiger partial charge in [0, 0.05) is 0 Å². The highest BCUT2D eigenvalue weighted by Crippen LogP contribution is 2.56. The minimum absolute atomic E-state index is 1.05. The van der Waals surface area contributed by atoms with E-state index >= 15 is 0 Å². The summed E-state index contributed by atoms with van der Waals surface area (Å²) >= 11 is 0. The SMILES string of the molecule is C1=CC(c2c(-c3ccc4c5c(-c6ccccc6)c6cc7c8ccccc8c8cccc(c6c(-c6ccccc6)c5c5cc6ccccc6c3c45)c87)ccc3ccccc23)=CCC1. The molecule has 0 atom stereocenters. The molecule has 0 aromatic heterocycles. The highest BCUT2D eigenvalue weighted by Gasteiger charge is 2.28. The van der Waals surface area contributed by atoms with Crippen molar-refractivity contribution < 1.29 is 0 Å². The summed E-state index contributed by atoms with van der Waals surface area (Å²) in [5.41, 5.74) is 10.3. The van der Waals surface area contributed by atoms with E-state index in [1.807, 2.05) is 0 Å². The lowest BCUT2D eigenvalue weighted by atomic mass is 9.84. The van der Waals surface area contributed by atoms with E-state index in [2.05, 4.69) is 206 Å². The van der Waals surface area contributed by atoms with Crippen LogP contribution < -0.4 is 0 Å². The van der Waals surface area contributed by atoms with Gasteiger partial charge in [-0.25, -0.2) is 0 Å². The molecule has 0 amide bonds. The predicted molar refractivity (Wildman–Crippen MR) is 269 cm³/mol. The third kappa shape index (κ3) is 4.56. The third-order valence-corrected chi connectivity index (χ3v) is 14.1. The van der Waals surface area contributed by atoms with Crippen LogP contribution in [0.25, 0.3) is 136 Å². The molecule has 0 N–H and O–H groups in total. The molecule has 0 radical (unpaired) electrons. The quantitative estimate of drug-likeness (QED) is 0.156. The third-order valence-electron chi connectivity index (χ3n) is 14.1. The van der Waals surface area contributed by atoms with Crippen molar-refractivity contribution in [2.45, 2.75) is 12.8 Å². The maximum absolute atomic E-state index is 2.54. The highest BCUT2D eigenvalue weighted by molar-refractivity contribution is 6.46. The molecule has 0 fully saturated rings. The van der Waals surface area contributed by atoms with E-state index in [9.17, 15) is 0 Å². The second-order valence-electron chi connectivity index (χ2n) is 17.3. The lowest BCUT2D eigenvalue weighted by Crippen LogP contribution is -1.94. The first-order chi connectivity index (χ1) is 30.8. The van der Waals surface area contributed by atoms with Crippen molar-refractivity contribution in [1.82, 2.24) is 0 Å². The molecule has 0 heteroatoms. The van der Waals surface area contributed by atoms with E-state index in [4.69, 9.17) is 0 Å². The molecule has 0 aliphatic heterocycles. The van der Waals surface area contributed by atoms with Crippen LogP contribution in [0.1, 0.15) is 18.4 Å². The summed E-state index contributed by atoms with van der Waals surface area (Å²) in [6.07, 6.45) is 9.28. The topological polar surface area (TPSA) is 0 Å². The van der Waals surface area contributed by atoms with Gasteiger partial charge in [0.15, 0.2) is 0 Å². The highest BCUT2D eigenvalue weighted by atomic mass is 14.3. The van der Waals surface area contributed by atoms with Crippen LogP contribution in [0.2, 0.25) is 0 Å². The van der Waals surface area contributed by atoms with Crippen molar-refractivity contribution in [2.24, 2.45) is 0 Å². The summed E-state index contributed by atoms with van der Waals surface area (Å²) in [6, 6.07) is 71.1. The fraction of sp³-hybridized carbons (Fsp3) is 0.0323. The number of rotatable bonds is 4. The van der Waals surface area contributed by atoms with Crippen LogP contribution in [0.4, 0.5) is 0 Å². The Morgan fingerprint density at radius 2 is 0.887 bits per heavy atom. The minimum atomic E-state index is 1.05. The van der Waals surface area contributed by atoms with Crippen molar-refractivity contribution in [1.29, 1.82) is 0 Å². The average molecular weight is 783 g/mol. The van der Waals surface area contributed by atoms with Gasteiger partial charge in [-0.15, -0.1) is 0 Å². The lowest BCUT2D eigenvalue weighted by molar-refractivity contribution is 1.04. The van der Waals surface area contributed by atoms with E-state index in [-0.39, 0.29) is 0 Å². The maximum Gasteiger partial charge on any atom is -0.000697 e. The Kier molecular flexibility index (Phi) is 7.04. The Labute approximate surface area is 359 Å². The van der Waals surface area contributed by atoms with Gasteiger partial charge in [-0.1, -0.05) is 194 Å². The molecule has 62 heavy (non-hydrogen) atoms. The van der Waals surface area contributed by atoms with Crippen molar-refractivity contribution in [3.63, 3.8) is 0 Å². The first kappa shape index (κ1) is 34.0. The molecule has 0 nitrogen and oxygen atoms in total. The zero-order valence-electron chi connectivity index (χ0n) is 34.0. The Morgan fingerprint density at radius 3 is 1.66 bits per heavy atom. The fourth-order valence-electron chi connectivity index (χ4n) is 11.7. The smallest absolute Gasteiger partial charge is 0.000697 e. The summed E-state index contributed by atoms with van der Waals surface area (Å²) in [4.78, 5) is 0. The molecule has 13 aromatic carbocycles. The van der Waals surface area contributed by atoms with Gasteiger partial charge >= 0.3 is 0 Å². The van der Waals surface area contributed by atoms with Crippen molar-refractivity contribution in [3.8, 4) is 33.4 Å². The van der Waals surface area contributed by atoms with Gasteiger partial charge in [-0.3, -0.25) is 0 Å². The summed E-state index contributed by atoms with van der Waals surface area (Å²) in [5.74, 6) is 0. The molecule has 0 saturated heterocycles. The molecule has 14 rings (SSSR count). The van der Waals surface area contributed by atoms with Gasteiger partial charge in [-0.05, 0) is 166 Å². The van der Waals surface area contributed by atoms with E-state index < -0.39 is 0 Å². The van der Waals surface area contributed by atoms with Gasteiger partial charge in [0.2, 0.25) is 0 Å². The van der Waals surface area contributed by atoms with Crippen LogP contribution in [-0.2, 0) is 0 Å². The van der Waals surface area contributed by atoms with Crippen LogP contribution in [0.3, 0.4) is 0 Å². The van der Waals surface area contributed by atoms with Crippen LogP contribution in [0, 0.1) is 0 Å². The van der Waals surface area contributed by atoms with Crippen LogP contribution >= 0.6 is 0 Å².